The van der Waals surface area contributed by atoms with Crippen LogP contribution in [0.5, 0.6) is 5.75 Å². The lowest BCUT2D eigenvalue weighted by atomic mass is 10.2. The Labute approximate surface area is 125 Å². The third-order valence-electron chi connectivity index (χ3n) is 2.17. The molecule has 0 unspecified atom stereocenters. The third kappa shape index (κ3) is 4.85. The second kappa shape index (κ2) is 8.11. The number of ether oxygens (including phenoxy) is 1. The second-order valence-corrected chi connectivity index (χ2v) is 4.50. The first-order chi connectivity index (χ1) is 9.58. The van der Waals surface area contributed by atoms with Crippen molar-refractivity contribution in [3.8, 4) is 5.75 Å². The first-order valence-electron chi connectivity index (χ1n) is 5.64. The van der Waals surface area contributed by atoms with Crippen molar-refractivity contribution >= 4 is 34.0 Å². The molecule has 0 spiro atoms. The zero-order valence-corrected chi connectivity index (χ0v) is 12.4. The van der Waals surface area contributed by atoms with Gasteiger partial charge in [-0.1, -0.05) is 22.0 Å². The predicted molar refractivity (Wildman–Crippen MR) is 79.6 cm³/mol. The monoisotopic (exact) mass is 339 g/mol. The molecule has 2 amide bonds. The van der Waals surface area contributed by atoms with Crippen LogP contribution >= 0.6 is 15.9 Å². The number of nitrogens with zero attached hydrogens (tertiary/aromatic N) is 1. The Bertz CT molecular complexity index is 544. The van der Waals surface area contributed by atoms with Gasteiger partial charge in [0, 0.05) is 16.6 Å². The number of hydrogen-bond acceptors (Lipinski definition) is 4. The van der Waals surface area contributed by atoms with Gasteiger partial charge in [-0.05, 0) is 18.2 Å². The van der Waals surface area contributed by atoms with Gasteiger partial charge in [0.25, 0.3) is 0 Å². The number of hydrazone groups is 1. The van der Waals surface area contributed by atoms with Crippen LogP contribution in [0.4, 0.5) is 0 Å². The zero-order valence-electron chi connectivity index (χ0n) is 10.9. The molecular weight excluding hydrogens is 326 g/mol. The molecule has 0 fully saturated rings. The smallest absolute Gasteiger partial charge is 0.329 e. The van der Waals surface area contributed by atoms with Crippen molar-refractivity contribution in [3.05, 3.63) is 40.9 Å². The molecule has 7 heteroatoms. The molecule has 0 saturated heterocycles. The molecular formula is C13H14BrN3O3. The highest BCUT2D eigenvalue weighted by molar-refractivity contribution is 9.10. The van der Waals surface area contributed by atoms with E-state index in [1.165, 1.54) is 19.4 Å². The van der Waals surface area contributed by atoms with E-state index in [2.05, 4.69) is 38.4 Å². The topological polar surface area (TPSA) is 79.8 Å². The van der Waals surface area contributed by atoms with Gasteiger partial charge in [0.2, 0.25) is 0 Å². The number of hydrogen-bond donors (Lipinski definition) is 2. The van der Waals surface area contributed by atoms with Crippen molar-refractivity contribution in [2.24, 2.45) is 5.10 Å². The van der Waals surface area contributed by atoms with E-state index in [-0.39, 0.29) is 6.54 Å². The van der Waals surface area contributed by atoms with Crippen molar-refractivity contribution in [2.75, 3.05) is 13.7 Å². The lowest BCUT2D eigenvalue weighted by molar-refractivity contribution is -0.139. The molecule has 0 saturated carbocycles. The Morgan fingerprint density at radius 1 is 1.45 bits per heavy atom. The number of methoxy groups -OCH3 is 1. The molecule has 0 heterocycles. The normalized spacial score (nSPS) is 10.1. The Balaban J connectivity index is 2.65. The van der Waals surface area contributed by atoms with E-state index in [0.717, 1.165) is 4.47 Å². The molecule has 1 aromatic carbocycles. The van der Waals surface area contributed by atoms with Gasteiger partial charge in [0.1, 0.15) is 5.75 Å². The lowest BCUT2D eigenvalue weighted by Gasteiger charge is -2.04. The maximum atomic E-state index is 11.3. The number of benzene rings is 1. The van der Waals surface area contributed by atoms with Gasteiger partial charge >= 0.3 is 11.8 Å². The largest absolute Gasteiger partial charge is 0.496 e. The summed E-state index contributed by atoms with van der Waals surface area (Å²) in [6, 6.07) is 5.34. The minimum Gasteiger partial charge on any atom is -0.496 e. The van der Waals surface area contributed by atoms with Crippen molar-refractivity contribution in [1.82, 2.24) is 10.7 Å². The van der Waals surface area contributed by atoms with Gasteiger partial charge < -0.3 is 10.1 Å². The molecule has 20 heavy (non-hydrogen) atoms. The molecule has 0 aliphatic carbocycles. The molecule has 2 N–H and O–H groups in total. The van der Waals surface area contributed by atoms with Gasteiger partial charge in [0.15, 0.2) is 0 Å². The van der Waals surface area contributed by atoms with Crippen LogP contribution in [0.25, 0.3) is 0 Å². The van der Waals surface area contributed by atoms with Crippen LogP contribution in [0.3, 0.4) is 0 Å². The van der Waals surface area contributed by atoms with Gasteiger partial charge in [-0.15, -0.1) is 6.58 Å². The molecule has 0 radical (unpaired) electrons. The average Bonchev–Trinajstić information content (AvgIpc) is 2.44. The SMILES string of the molecule is C=CCNC(=O)C(=O)N/N=C/c1cc(Br)ccc1OC. The molecule has 0 bridgehead atoms. The summed E-state index contributed by atoms with van der Waals surface area (Å²) in [7, 11) is 1.53. The van der Waals surface area contributed by atoms with Crippen molar-refractivity contribution in [1.29, 1.82) is 0 Å². The van der Waals surface area contributed by atoms with Gasteiger partial charge in [-0.25, -0.2) is 5.43 Å². The summed E-state index contributed by atoms with van der Waals surface area (Å²) in [6.45, 7) is 3.64. The van der Waals surface area contributed by atoms with Crippen LogP contribution < -0.4 is 15.5 Å². The summed E-state index contributed by atoms with van der Waals surface area (Å²) in [5.74, 6) is -1.03. The number of amides is 2. The van der Waals surface area contributed by atoms with Crippen LogP contribution in [-0.4, -0.2) is 31.7 Å². The number of halogens is 1. The molecule has 0 aromatic heterocycles. The Hall–Kier alpha value is -2.15. The number of carbonyl (C=O) groups excluding carboxylic acids is 2. The fourth-order valence-corrected chi connectivity index (χ4v) is 1.64. The predicted octanol–water partition coefficient (Wildman–Crippen LogP) is 1.21. The molecule has 106 valence electrons. The minimum absolute atomic E-state index is 0.218. The van der Waals surface area contributed by atoms with E-state index in [4.69, 9.17) is 4.74 Å². The maximum Gasteiger partial charge on any atom is 0.329 e. The van der Waals surface area contributed by atoms with Gasteiger partial charge in [-0.3, -0.25) is 9.59 Å². The minimum atomic E-state index is -0.850. The first kappa shape index (κ1) is 15.9. The molecule has 0 atom stereocenters. The van der Waals surface area contributed by atoms with Crippen molar-refractivity contribution in [3.63, 3.8) is 0 Å². The molecule has 0 aliphatic rings. The number of nitrogens with one attached hydrogen (secondary N) is 2. The molecule has 1 aromatic rings. The Morgan fingerprint density at radius 2 is 2.20 bits per heavy atom. The summed E-state index contributed by atoms with van der Waals surface area (Å²) in [5, 5.41) is 6.05. The quantitative estimate of drug-likeness (QED) is 0.366. The fourth-order valence-electron chi connectivity index (χ4n) is 1.26. The van der Waals surface area contributed by atoms with E-state index in [9.17, 15) is 9.59 Å². The highest BCUT2D eigenvalue weighted by Crippen LogP contribution is 2.21. The second-order valence-electron chi connectivity index (χ2n) is 3.58. The molecule has 1 rings (SSSR count). The van der Waals surface area contributed by atoms with E-state index < -0.39 is 11.8 Å². The van der Waals surface area contributed by atoms with E-state index in [0.29, 0.717) is 11.3 Å². The Morgan fingerprint density at radius 3 is 2.85 bits per heavy atom. The number of rotatable bonds is 5. The van der Waals surface area contributed by atoms with Crippen LogP contribution in [-0.2, 0) is 9.59 Å². The number of carbonyl (C=O) groups is 2. The lowest BCUT2D eigenvalue weighted by Crippen LogP contribution is -2.37. The highest BCUT2D eigenvalue weighted by atomic mass is 79.9. The van der Waals surface area contributed by atoms with E-state index >= 15 is 0 Å². The summed E-state index contributed by atoms with van der Waals surface area (Å²) in [4.78, 5) is 22.6. The van der Waals surface area contributed by atoms with E-state index in [1.807, 2.05) is 6.07 Å². The standard InChI is InChI=1S/C13H14BrN3O3/c1-3-6-15-12(18)13(19)17-16-8-9-7-10(14)4-5-11(9)20-2/h3-5,7-8H,1,6H2,2H3,(H,15,18)(H,17,19)/b16-8+. The van der Waals surface area contributed by atoms with Crippen LogP contribution in [0.1, 0.15) is 5.56 Å². The molecule has 0 aliphatic heterocycles. The summed E-state index contributed by atoms with van der Waals surface area (Å²) < 4.78 is 5.99. The maximum absolute atomic E-state index is 11.3. The van der Waals surface area contributed by atoms with Gasteiger partial charge in [0.05, 0.1) is 13.3 Å². The average molecular weight is 340 g/mol. The highest BCUT2D eigenvalue weighted by Gasteiger charge is 2.10. The first-order valence-corrected chi connectivity index (χ1v) is 6.43. The van der Waals surface area contributed by atoms with Crippen LogP contribution in [0.15, 0.2) is 40.4 Å². The summed E-state index contributed by atoms with van der Waals surface area (Å²) in [5.41, 5.74) is 2.78. The van der Waals surface area contributed by atoms with Gasteiger partial charge in [-0.2, -0.15) is 5.10 Å². The Kier molecular flexibility index (Phi) is 6.45. The van der Waals surface area contributed by atoms with Crippen molar-refractivity contribution < 1.29 is 14.3 Å². The molecule has 6 nitrogen and oxygen atoms in total. The van der Waals surface area contributed by atoms with Crippen molar-refractivity contribution in [2.45, 2.75) is 0 Å². The van der Waals surface area contributed by atoms with Crippen LogP contribution in [0, 0.1) is 0 Å². The fraction of sp³-hybridized carbons (Fsp3) is 0.154. The zero-order chi connectivity index (χ0) is 15.0. The van der Waals surface area contributed by atoms with E-state index in [1.54, 1.807) is 12.1 Å². The summed E-state index contributed by atoms with van der Waals surface area (Å²) >= 11 is 3.32. The van der Waals surface area contributed by atoms with Crippen LogP contribution in [0.2, 0.25) is 0 Å². The summed E-state index contributed by atoms with van der Waals surface area (Å²) in [6.07, 6.45) is 2.86. The third-order valence-corrected chi connectivity index (χ3v) is 2.67.